The van der Waals surface area contributed by atoms with E-state index in [1.165, 1.54) is 0 Å². The van der Waals surface area contributed by atoms with E-state index >= 15 is 0 Å². The van der Waals surface area contributed by atoms with Crippen LogP contribution in [-0.2, 0) is 4.74 Å². The topological polar surface area (TPSA) is 15.8 Å². The van der Waals surface area contributed by atoms with E-state index in [1.54, 1.807) is 0 Å². The van der Waals surface area contributed by atoms with Crippen LogP contribution in [0.5, 0.6) is 0 Å². The molecule has 0 amide bonds. The van der Waals surface area contributed by atoms with Crippen molar-refractivity contribution >= 4 is 0 Å². The normalized spacial score (nSPS) is 27.9. The second-order valence-corrected chi connectivity index (χ2v) is 6.01. The fourth-order valence-corrected chi connectivity index (χ4v) is 2.55. The van der Waals surface area contributed by atoms with E-state index in [1.807, 2.05) is 6.08 Å². The van der Waals surface area contributed by atoms with Crippen molar-refractivity contribution in [2.75, 3.05) is 6.61 Å². The van der Waals surface area contributed by atoms with Crippen molar-refractivity contribution in [3.8, 4) is 0 Å². The van der Waals surface area contributed by atoms with Gasteiger partial charge < -0.3 is 4.74 Å². The number of epoxide rings is 1. The van der Waals surface area contributed by atoms with Gasteiger partial charge in [0.15, 0.2) is 5.72 Å². The van der Waals surface area contributed by atoms with Gasteiger partial charge in [-0.15, -0.1) is 0 Å². The molecule has 1 aliphatic rings. The predicted octanol–water partition coefficient (Wildman–Crippen LogP) is 2.80. The summed E-state index contributed by atoms with van der Waals surface area (Å²) in [6, 6.07) is 0. The van der Waals surface area contributed by atoms with Gasteiger partial charge in [0.1, 0.15) is 0 Å². The minimum Gasteiger partial charge on any atom is -0.349 e. The first kappa shape index (κ1) is 11.7. The molecule has 0 aromatic heterocycles. The third kappa shape index (κ3) is 2.01. The summed E-state index contributed by atoms with van der Waals surface area (Å²) >= 11 is 0. The monoisotopic (exact) mass is 197 g/mol. The lowest BCUT2D eigenvalue weighted by molar-refractivity contribution is -0.0415. The van der Waals surface area contributed by atoms with Gasteiger partial charge in [-0.05, 0) is 47.6 Å². The zero-order chi connectivity index (χ0) is 11.2. The highest BCUT2D eigenvalue weighted by Crippen LogP contribution is 2.42. The molecule has 0 spiro atoms. The second kappa shape index (κ2) is 3.07. The summed E-state index contributed by atoms with van der Waals surface area (Å²) in [4.78, 5) is 2.39. The Labute approximate surface area is 87.9 Å². The van der Waals surface area contributed by atoms with Gasteiger partial charge in [0.2, 0.25) is 0 Å². The maximum atomic E-state index is 5.57. The highest BCUT2D eigenvalue weighted by Gasteiger charge is 2.55. The van der Waals surface area contributed by atoms with Crippen LogP contribution >= 0.6 is 0 Å². The molecular formula is C12H23NO. The molecule has 1 fully saturated rings. The molecule has 0 radical (unpaired) electrons. The molecule has 0 saturated carbocycles. The van der Waals surface area contributed by atoms with Gasteiger partial charge in [0.05, 0.1) is 6.61 Å². The molecule has 14 heavy (non-hydrogen) atoms. The first-order valence-electron chi connectivity index (χ1n) is 5.21. The minimum atomic E-state index is -0.226. The SMILES string of the molecule is C=CC1(N(C(C)(C)C)C(C)(C)C)CO1. The highest BCUT2D eigenvalue weighted by atomic mass is 16.6. The molecule has 0 N–H and O–H groups in total. The molecule has 1 rings (SSSR count). The number of ether oxygens (including phenoxy) is 1. The zero-order valence-electron chi connectivity index (χ0n) is 10.3. The van der Waals surface area contributed by atoms with E-state index in [0.29, 0.717) is 0 Å². The van der Waals surface area contributed by atoms with Gasteiger partial charge >= 0.3 is 0 Å². The molecule has 0 aliphatic carbocycles. The number of nitrogens with zero attached hydrogens (tertiary/aromatic N) is 1. The van der Waals surface area contributed by atoms with Crippen molar-refractivity contribution in [3.63, 3.8) is 0 Å². The summed E-state index contributed by atoms with van der Waals surface area (Å²) in [6.07, 6.45) is 1.92. The van der Waals surface area contributed by atoms with Crippen LogP contribution < -0.4 is 0 Å². The standard InChI is InChI=1S/C12H23NO/c1-8-12(9-14-12)13(10(2,3)4)11(5,6)7/h8H,1,9H2,2-7H3. The maximum Gasteiger partial charge on any atom is 0.165 e. The van der Waals surface area contributed by atoms with E-state index < -0.39 is 0 Å². The van der Waals surface area contributed by atoms with Gasteiger partial charge in [-0.25, -0.2) is 0 Å². The van der Waals surface area contributed by atoms with E-state index in [2.05, 4.69) is 53.0 Å². The van der Waals surface area contributed by atoms with Crippen LogP contribution in [-0.4, -0.2) is 28.3 Å². The average molecular weight is 197 g/mol. The van der Waals surface area contributed by atoms with Gasteiger partial charge in [-0.1, -0.05) is 6.58 Å². The summed E-state index contributed by atoms with van der Waals surface area (Å²) in [5, 5.41) is 0. The van der Waals surface area contributed by atoms with E-state index in [4.69, 9.17) is 4.74 Å². The third-order valence-corrected chi connectivity index (χ3v) is 2.48. The summed E-state index contributed by atoms with van der Waals surface area (Å²) < 4.78 is 5.57. The summed E-state index contributed by atoms with van der Waals surface area (Å²) in [5.41, 5.74) is -0.0532. The molecule has 1 saturated heterocycles. The van der Waals surface area contributed by atoms with Gasteiger partial charge in [-0.2, -0.15) is 0 Å². The van der Waals surface area contributed by atoms with Crippen molar-refractivity contribution in [2.24, 2.45) is 0 Å². The summed E-state index contributed by atoms with van der Waals surface area (Å²) in [6.45, 7) is 17.9. The van der Waals surface area contributed by atoms with Crippen molar-refractivity contribution in [2.45, 2.75) is 58.3 Å². The van der Waals surface area contributed by atoms with E-state index in [9.17, 15) is 0 Å². The van der Waals surface area contributed by atoms with Crippen molar-refractivity contribution in [3.05, 3.63) is 12.7 Å². The highest BCUT2D eigenvalue weighted by molar-refractivity contribution is 5.12. The summed E-state index contributed by atoms with van der Waals surface area (Å²) in [5.74, 6) is 0. The first-order chi connectivity index (χ1) is 6.13. The Balaban J connectivity index is 3.01. The molecule has 1 heterocycles. The predicted molar refractivity (Wildman–Crippen MR) is 60.2 cm³/mol. The Hall–Kier alpha value is -0.340. The molecule has 0 bridgehead atoms. The quantitative estimate of drug-likeness (QED) is 0.500. The largest absolute Gasteiger partial charge is 0.349 e. The van der Waals surface area contributed by atoms with Crippen molar-refractivity contribution in [1.82, 2.24) is 4.90 Å². The number of rotatable bonds is 2. The fourth-order valence-electron chi connectivity index (χ4n) is 2.55. The number of hydrogen-bond acceptors (Lipinski definition) is 2. The zero-order valence-corrected chi connectivity index (χ0v) is 10.3. The smallest absolute Gasteiger partial charge is 0.165 e. The van der Waals surface area contributed by atoms with Crippen LogP contribution in [0, 0.1) is 0 Å². The van der Waals surface area contributed by atoms with Gasteiger partial charge in [-0.3, -0.25) is 4.90 Å². The average Bonchev–Trinajstić information content (AvgIpc) is 2.62. The van der Waals surface area contributed by atoms with Crippen molar-refractivity contribution < 1.29 is 4.74 Å². The summed E-state index contributed by atoms with van der Waals surface area (Å²) in [7, 11) is 0. The number of hydrogen-bond donors (Lipinski definition) is 0. The van der Waals surface area contributed by atoms with Crippen LogP contribution in [0.1, 0.15) is 41.5 Å². The second-order valence-electron chi connectivity index (χ2n) is 6.01. The molecular weight excluding hydrogens is 174 g/mol. The first-order valence-corrected chi connectivity index (χ1v) is 5.21. The van der Waals surface area contributed by atoms with E-state index in [0.717, 1.165) is 6.61 Å². The molecule has 2 heteroatoms. The molecule has 82 valence electrons. The fraction of sp³-hybridized carbons (Fsp3) is 0.833. The van der Waals surface area contributed by atoms with E-state index in [-0.39, 0.29) is 16.8 Å². The lowest BCUT2D eigenvalue weighted by Gasteiger charge is -2.48. The Morgan fingerprint density at radius 2 is 1.50 bits per heavy atom. The van der Waals surface area contributed by atoms with Crippen molar-refractivity contribution in [1.29, 1.82) is 0 Å². The van der Waals surface area contributed by atoms with Gasteiger partial charge in [0, 0.05) is 11.1 Å². The van der Waals surface area contributed by atoms with Gasteiger partial charge in [0.25, 0.3) is 0 Å². The maximum absolute atomic E-state index is 5.57. The lowest BCUT2D eigenvalue weighted by Crippen LogP contribution is -2.58. The molecule has 1 aliphatic heterocycles. The molecule has 0 aromatic rings. The third-order valence-electron chi connectivity index (χ3n) is 2.48. The lowest BCUT2D eigenvalue weighted by atomic mass is 9.93. The molecule has 2 nitrogen and oxygen atoms in total. The Morgan fingerprint density at radius 1 is 1.14 bits per heavy atom. The van der Waals surface area contributed by atoms with Crippen LogP contribution in [0.15, 0.2) is 12.7 Å². The molecule has 1 atom stereocenters. The van der Waals surface area contributed by atoms with Crippen LogP contribution in [0.25, 0.3) is 0 Å². The van der Waals surface area contributed by atoms with Crippen LogP contribution in [0.4, 0.5) is 0 Å². The Kier molecular flexibility index (Phi) is 2.58. The Bertz CT molecular complexity index is 214. The van der Waals surface area contributed by atoms with Crippen LogP contribution in [0.2, 0.25) is 0 Å². The molecule has 0 aromatic carbocycles. The Morgan fingerprint density at radius 3 is 1.57 bits per heavy atom. The minimum absolute atomic E-state index is 0.0862. The van der Waals surface area contributed by atoms with Crippen LogP contribution in [0.3, 0.4) is 0 Å². The molecule has 1 unspecified atom stereocenters.